The van der Waals surface area contributed by atoms with E-state index in [1.165, 1.54) is 43.2 Å². The fourth-order valence-electron chi connectivity index (χ4n) is 2.79. The molecule has 0 amide bonds. The first-order valence-corrected chi connectivity index (χ1v) is 8.79. The summed E-state index contributed by atoms with van der Waals surface area (Å²) in [5.74, 6) is 0. The van der Waals surface area contributed by atoms with E-state index in [0.29, 0.717) is 11.2 Å². The van der Waals surface area contributed by atoms with Crippen molar-refractivity contribution in [2.24, 2.45) is 0 Å². The van der Waals surface area contributed by atoms with Gasteiger partial charge in [-0.3, -0.25) is 0 Å². The zero-order valence-corrected chi connectivity index (χ0v) is 14.6. The van der Waals surface area contributed by atoms with Crippen molar-refractivity contribution in [1.82, 2.24) is 5.32 Å². The first kappa shape index (κ1) is 17.2. The molecule has 0 unspecified atom stereocenters. The van der Waals surface area contributed by atoms with E-state index in [0.717, 1.165) is 25.3 Å². The van der Waals surface area contributed by atoms with Crippen molar-refractivity contribution in [2.75, 3.05) is 18.5 Å². The SMILES string of the molecule is Cc1ccc(C)c(NC(=S)NCCCOC2CCCCC2)c1. The molecule has 1 aliphatic rings. The Kier molecular flexibility index (Phi) is 7.13. The van der Waals surface area contributed by atoms with Crippen LogP contribution in [0.5, 0.6) is 0 Å². The molecule has 0 spiro atoms. The molecule has 4 heteroatoms. The number of aryl methyl sites for hydroxylation is 2. The monoisotopic (exact) mass is 320 g/mol. The molecule has 0 aliphatic heterocycles. The molecule has 1 aliphatic carbocycles. The third-order valence-electron chi connectivity index (χ3n) is 4.15. The predicted octanol–water partition coefficient (Wildman–Crippen LogP) is 4.33. The quantitative estimate of drug-likeness (QED) is 0.604. The minimum absolute atomic E-state index is 0.494. The van der Waals surface area contributed by atoms with Gasteiger partial charge in [0.1, 0.15) is 0 Å². The van der Waals surface area contributed by atoms with Crippen molar-refractivity contribution >= 4 is 23.0 Å². The lowest BCUT2D eigenvalue weighted by Gasteiger charge is -2.22. The molecule has 1 aromatic carbocycles. The summed E-state index contributed by atoms with van der Waals surface area (Å²) >= 11 is 5.35. The van der Waals surface area contributed by atoms with Crippen molar-refractivity contribution in [3.63, 3.8) is 0 Å². The number of benzene rings is 1. The van der Waals surface area contributed by atoms with Crippen molar-refractivity contribution in [1.29, 1.82) is 0 Å². The van der Waals surface area contributed by atoms with Gasteiger partial charge in [0.05, 0.1) is 6.10 Å². The number of hydrogen-bond acceptors (Lipinski definition) is 2. The molecule has 3 nitrogen and oxygen atoms in total. The number of anilines is 1. The highest BCUT2D eigenvalue weighted by Crippen LogP contribution is 2.20. The van der Waals surface area contributed by atoms with Crippen molar-refractivity contribution in [2.45, 2.75) is 58.5 Å². The molecule has 0 aromatic heterocycles. The maximum absolute atomic E-state index is 5.91. The Morgan fingerprint density at radius 2 is 2.00 bits per heavy atom. The maximum Gasteiger partial charge on any atom is 0.170 e. The first-order chi connectivity index (χ1) is 10.6. The fraction of sp³-hybridized carbons (Fsp3) is 0.611. The summed E-state index contributed by atoms with van der Waals surface area (Å²) in [5.41, 5.74) is 3.52. The van der Waals surface area contributed by atoms with E-state index in [4.69, 9.17) is 17.0 Å². The largest absolute Gasteiger partial charge is 0.378 e. The Bertz CT molecular complexity index is 484. The molecule has 0 radical (unpaired) electrons. The van der Waals surface area contributed by atoms with E-state index in [9.17, 15) is 0 Å². The zero-order chi connectivity index (χ0) is 15.8. The summed E-state index contributed by atoms with van der Waals surface area (Å²) in [6.45, 7) is 5.85. The van der Waals surface area contributed by atoms with Gasteiger partial charge in [0, 0.05) is 18.8 Å². The predicted molar refractivity (Wildman–Crippen MR) is 97.6 cm³/mol. The van der Waals surface area contributed by atoms with Crippen LogP contribution in [0.1, 0.15) is 49.7 Å². The lowest BCUT2D eigenvalue weighted by Crippen LogP contribution is -2.30. The number of ether oxygens (including phenoxy) is 1. The highest BCUT2D eigenvalue weighted by Gasteiger charge is 2.12. The van der Waals surface area contributed by atoms with Crippen LogP contribution in [0.25, 0.3) is 0 Å². The van der Waals surface area contributed by atoms with Gasteiger partial charge in [0.2, 0.25) is 0 Å². The van der Waals surface area contributed by atoms with Gasteiger partial charge < -0.3 is 15.4 Å². The molecule has 1 aromatic rings. The number of hydrogen-bond donors (Lipinski definition) is 2. The second-order valence-electron chi connectivity index (χ2n) is 6.18. The molecule has 2 N–H and O–H groups in total. The Hall–Kier alpha value is -1.13. The van der Waals surface area contributed by atoms with E-state index in [-0.39, 0.29) is 0 Å². The van der Waals surface area contributed by atoms with Crippen LogP contribution in [0.15, 0.2) is 18.2 Å². The zero-order valence-electron chi connectivity index (χ0n) is 13.8. The molecular formula is C18H28N2OS. The van der Waals surface area contributed by atoms with Gasteiger partial charge in [-0.2, -0.15) is 0 Å². The summed E-state index contributed by atoms with van der Waals surface area (Å²) in [6.07, 6.45) is 7.98. The third-order valence-corrected chi connectivity index (χ3v) is 4.40. The second-order valence-corrected chi connectivity index (χ2v) is 6.59. The number of rotatable bonds is 6. The molecule has 0 heterocycles. The lowest BCUT2D eigenvalue weighted by atomic mass is 9.98. The summed E-state index contributed by atoms with van der Waals surface area (Å²) in [7, 11) is 0. The highest BCUT2D eigenvalue weighted by atomic mass is 32.1. The molecular weight excluding hydrogens is 292 g/mol. The Balaban J connectivity index is 1.60. The van der Waals surface area contributed by atoms with Crippen molar-refractivity contribution in [3.8, 4) is 0 Å². The molecule has 122 valence electrons. The van der Waals surface area contributed by atoms with Crippen LogP contribution in [-0.2, 0) is 4.74 Å². The lowest BCUT2D eigenvalue weighted by molar-refractivity contribution is 0.0277. The van der Waals surface area contributed by atoms with Crippen LogP contribution >= 0.6 is 12.2 Å². The van der Waals surface area contributed by atoms with Crippen LogP contribution < -0.4 is 10.6 Å². The van der Waals surface area contributed by atoms with Gasteiger partial charge >= 0.3 is 0 Å². The smallest absolute Gasteiger partial charge is 0.170 e. The van der Waals surface area contributed by atoms with Gasteiger partial charge in [-0.05, 0) is 62.5 Å². The van der Waals surface area contributed by atoms with E-state index >= 15 is 0 Å². The van der Waals surface area contributed by atoms with Crippen LogP contribution in [0, 0.1) is 13.8 Å². The summed E-state index contributed by atoms with van der Waals surface area (Å²) < 4.78 is 5.91. The molecule has 0 atom stereocenters. The second kappa shape index (κ2) is 9.11. The maximum atomic E-state index is 5.91. The standard InChI is InChI=1S/C18H28N2OS/c1-14-9-10-15(2)17(13-14)20-18(22)19-11-6-12-21-16-7-4-3-5-8-16/h9-10,13,16H,3-8,11-12H2,1-2H3,(H2,19,20,22). The van der Waals surface area contributed by atoms with Gasteiger partial charge in [-0.15, -0.1) is 0 Å². The average molecular weight is 321 g/mol. The van der Waals surface area contributed by atoms with E-state index in [2.05, 4.69) is 42.7 Å². The van der Waals surface area contributed by atoms with E-state index < -0.39 is 0 Å². The minimum Gasteiger partial charge on any atom is -0.378 e. The summed E-state index contributed by atoms with van der Waals surface area (Å²) in [5, 5.41) is 7.21. The third kappa shape index (κ3) is 5.93. The van der Waals surface area contributed by atoms with Crippen LogP contribution in [-0.4, -0.2) is 24.4 Å². The molecule has 1 fully saturated rings. The van der Waals surface area contributed by atoms with Gasteiger partial charge in [-0.1, -0.05) is 31.4 Å². The van der Waals surface area contributed by atoms with Crippen LogP contribution in [0.3, 0.4) is 0 Å². The molecule has 22 heavy (non-hydrogen) atoms. The Morgan fingerprint density at radius 1 is 1.23 bits per heavy atom. The molecule has 2 rings (SSSR count). The average Bonchev–Trinajstić information content (AvgIpc) is 2.51. The fourth-order valence-corrected chi connectivity index (χ4v) is 3.00. The van der Waals surface area contributed by atoms with E-state index in [1.54, 1.807) is 0 Å². The topological polar surface area (TPSA) is 33.3 Å². The highest BCUT2D eigenvalue weighted by molar-refractivity contribution is 7.80. The molecule has 0 bridgehead atoms. The van der Waals surface area contributed by atoms with Gasteiger partial charge in [0.25, 0.3) is 0 Å². The number of thiocarbonyl (C=S) groups is 1. The van der Waals surface area contributed by atoms with Crippen LogP contribution in [0.2, 0.25) is 0 Å². The number of nitrogens with one attached hydrogen (secondary N) is 2. The van der Waals surface area contributed by atoms with Gasteiger partial charge in [0.15, 0.2) is 5.11 Å². The van der Waals surface area contributed by atoms with Crippen molar-refractivity contribution in [3.05, 3.63) is 29.3 Å². The Morgan fingerprint density at radius 3 is 2.77 bits per heavy atom. The van der Waals surface area contributed by atoms with Crippen molar-refractivity contribution < 1.29 is 4.74 Å². The normalized spacial score (nSPS) is 15.5. The Labute approximate surface area is 139 Å². The van der Waals surface area contributed by atoms with Gasteiger partial charge in [-0.25, -0.2) is 0 Å². The van der Waals surface area contributed by atoms with E-state index in [1.807, 2.05) is 0 Å². The summed E-state index contributed by atoms with van der Waals surface area (Å²) in [4.78, 5) is 0. The summed E-state index contributed by atoms with van der Waals surface area (Å²) in [6, 6.07) is 6.34. The minimum atomic E-state index is 0.494. The first-order valence-electron chi connectivity index (χ1n) is 8.39. The molecule has 0 saturated heterocycles. The van der Waals surface area contributed by atoms with Crippen LogP contribution in [0.4, 0.5) is 5.69 Å². The molecule has 1 saturated carbocycles.